The predicted molar refractivity (Wildman–Crippen MR) is 105 cm³/mol. The fraction of sp³-hybridized carbons (Fsp3) is 0. The molecule has 0 spiro atoms. The molecule has 0 saturated carbocycles. The molecule has 0 atom stereocenters. The molecule has 9 nitrogen and oxygen atoms in total. The minimum Gasteiger partial charge on any atom is -0.508 e. The highest BCUT2D eigenvalue weighted by Crippen LogP contribution is 2.60. The zero-order chi connectivity index (χ0) is 21.3. The number of phosphoric acid groups is 2. The van der Waals surface area contributed by atoms with Crippen LogP contribution in [0.5, 0.6) is 23.0 Å². The molecule has 11 heteroatoms. The molecule has 0 amide bonds. The second-order valence-electron chi connectivity index (χ2n) is 5.34. The molecule has 0 fully saturated rings. The lowest BCUT2D eigenvalue weighted by Gasteiger charge is -2.18. The van der Waals surface area contributed by atoms with E-state index in [9.17, 15) is 9.13 Å². The van der Waals surface area contributed by atoms with E-state index in [1.165, 1.54) is 48.5 Å². The summed E-state index contributed by atoms with van der Waals surface area (Å²) in [5.74, 6) is 0.515. The fourth-order valence-corrected chi connectivity index (χ4v) is 3.96. The quantitative estimate of drug-likeness (QED) is 0.323. The van der Waals surface area contributed by atoms with Crippen LogP contribution >= 0.6 is 15.6 Å². The topological polar surface area (TPSA) is 143 Å². The van der Waals surface area contributed by atoms with Crippen LogP contribution in [0.3, 0.4) is 0 Å². The van der Waals surface area contributed by atoms with E-state index < -0.39 is 15.6 Å². The highest BCUT2D eigenvalue weighted by atomic mass is 31.3. The van der Waals surface area contributed by atoms with E-state index >= 15 is 0 Å². The normalized spacial score (nSPS) is 11.1. The maximum absolute atomic E-state index is 12.4. The smallest absolute Gasteiger partial charge is 0.508 e. The molecule has 4 N–H and O–H groups in total. The molecule has 0 aliphatic rings. The number of hydrogen-bond donors (Lipinski definition) is 4. The molecule has 0 aliphatic heterocycles. The second-order valence-corrected chi connectivity index (χ2v) is 8.24. The first-order valence-electron chi connectivity index (χ1n) is 7.99. The van der Waals surface area contributed by atoms with Gasteiger partial charge in [0.05, 0.1) is 0 Å². The van der Waals surface area contributed by atoms with Crippen molar-refractivity contribution >= 4 is 15.6 Å². The van der Waals surface area contributed by atoms with Gasteiger partial charge in [0.2, 0.25) is 0 Å². The molecule has 0 aliphatic carbocycles. The van der Waals surface area contributed by atoms with Crippen molar-refractivity contribution in [1.29, 1.82) is 0 Å². The Kier molecular flexibility index (Phi) is 7.84. The minimum absolute atomic E-state index is 0.0882. The maximum atomic E-state index is 12.4. The number of phosphoric ester groups is 1. The van der Waals surface area contributed by atoms with Gasteiger partial charge in [-0.15, -0.1) is 0 Å². The maximum Gasteiger partial charge on any atom is 0.596 e. The van der Waals surface area contributed by atoms with Crippen molar-refractivity contribution in [3.8, 4) is 23.0 Å². The number of rotatable bonds is 6. The van der Waals surface area contributed by atoms with Crippen LogP contribution in [0.15, 0.2) is 84.9 Å². The van der Waals surface area contributed by atoms with Crippen molar-refractivity contribution in [2.75, 3.05) is 0 Å². The number of phenolic OH excluding ortho intramolecular Hbond substituents is 2. The van der Waals surface area contributed by atoms with Crippen molar-refractivity contribution in [3.05, 3.63) is 84.9 Å². The molecule has 0 radical (unpaired) electrons. The monoisotopic (exact) mass is 440 g/mol. The number of phenols is 2. The standard InChI is InChI=1S/C12H12O7P2.C6H6O2/c13-20(14,15)19-21(16,17-11-7-3-1-4-8-11)18-12-9-5-2-6-10-12;7-5-1-2-6(8)4-3-5/h1-10H,(H2,13,14,15);1-4,7-8H. The number of benzene rings is 3. The van der Waals surface area contributed by atoms with E-state index in [1.807, 2.05) is 0 Å². The van der Waals surface area contributed by atoms with Crippen molar-refractivity contribution < 1.29 is 42.5 Å². The number of aromatic hydroxyl groups is 2. The van der Waals surface area contributed by atoms with Crippen LogP contribution in [0.4, 0.5) is 0 Å². The Hall–Kier alpha value is -2.80. The van der Waals surface area contributed by atoms with Crippen molar-refractivity contribution in [2.45, 2.75) is 0 Å². The largest absolute Gasteiger partial charge is 0.596 e. The summed E-state index contributed by atoms with van der Waals surface area (Å²) < 4.78 is 37.6. The van der Waals surface area contributed by atoms with Gasteiger partial charge >= 0.3 is 15.6 Å². The summed E-state index contributed by atoms with van der Waals surface area (Å²) in [4.78, 5) is 17.7. The Balaban J connectivity index is 0.000000313. The van der Waals surface area contributed by atoms with E-state index in [1.54, 1.807) is 36.4 Å². The molecule has 0 bridgehead atoms. The van der Waals surface area contributed by atoms with E-state index in [0.717, 1.165) is 0 Å². The van der Waals surface area contributed by atoms with Crippen LogP contribution in [-0.2, 0) is 13.4 Å². The van der Waals surface area contributed by atoms with Gasteiger partial charge in [-0.2, -0.15) is 4.31 Å². The van der Waals surface area contributed by atoms with Gasteiger partial charge in [0.1, 0.15) is 23.0 Å². The molecule has 0 unspecified atom stereocenters. The van der Waals surface area contributed by atoms with Gasteiger partial charge in [-0.3, -0.25) is 0 Å². The van der Waals surface area contributed by atoms with Crippen LogP contribution in [0, 0.1) is 0 Å². The van der Waals surface area contributed by atoms with E-state index in [2.05, 4.69) is 4.31 Å². The van der Waals surface area contributed by atoms with Crippen molar-refractivity contribution in [2.24, 2.45) is 0 Å². The lowest BCUT2D eigenvalue weighted by Crippen LogP contribution is -2.03. The Morgan fingerprint density at radius 2 is 0.931 bits per heavy atom. The molecule has 3 rings (SSSR count). The third kappa shape index (κ3) is 8.83. The lowest BCUT2D eigenvalue weighted by atomic mass is 10.3. The van der Waals surface area contributed by atoms with Gasteiger partial charge in [-0.25, -0.2) is 9.13 Å². The average Bonchev–Trinajstić information content (AvgIpc) is 2.64. The van der Waals surface area contributed by atoms with Gasteiger partial charge < -0.3 is 29.0 Å². The zero-order valence-electron chi connectivity index (χ0n) is 14.8. The first-order chi connectivity index (χ1) is 13.7. The summed E-state index contributed by atoms with van der Waals surface area (Å²) >= 11 is 0. The fourth-order valence-electron chi connectivity index (χ4n) is 1.86. The number of hydrogen-bond acceptors (Lipinski definition) is 7. The highest BCUT2D eigenvalue weighted by molar-refractivity contribution is 7.61. The van der Waals surface area contributed by atoms with Crippen molar-refractivity contribution in [1.82, 2.24) is 0 Å². The molecule has 0 saturated heterocycles. The highest BCUT2D eigenvalue weighted by Gasteiger charge is 2.39. The van der Waals surface area contributed by atoms with Gasteiger partial charge in [-0.1, -0.05) is 36.4 Å². The third-order valence-corrected chi connectivity index (χ3v) is 5.50. The van der Waals surface area contributed by atoms with Crippen LogP contribution < -0.4 is 9.05 Å². The van der Waals surface area contributed by atoms with E-state index in [4.69, 9.17) is 29.0 Å². The van der Waals surface area contributed by atoms with Crippen molar-refractivity contribution in [3.63, 3.8) is 0 Å². The van der Waals surface area contributed by atoms with E-state index in [0.29, 0.717) is 0 Å². The van der Waals surface area contributed by atoms with E-state index in [-0.39, 0.29) is 23.0 Å². The summed E-state index contributed by atoms with van der Waals surface area (Å²) in [5.41, 5.74) is 0. The summed E-state index contributed by atoms with van der Waals surface area (Å²) in [6.45, 7) is 0. The zero-order valence-corrected chi connectivity index (χ0v) is 16.6. The average molecular weight is 440 g/mol. The Morgan fingerprint density at radius 1 is 0.586 bits per heavy atom. The second kappa shape index (κ2) is 10.1. The van der Waals surface area contributed by atoms with Crippen LogP contribution in [0.2, 0.25) is 0 Å². The lowest BCUT2D eigenvalue weighted by molar-refractivity contribution is 0.233. The first-order valence-corrected chi connectivity index (χ1v) is 11.0. The van der Waals surface area contributed by atoms with Gasteiger partial charge in [0.15, 0.2) is 0 Å². The molecular weight excluding hydrogens is 422 g/mol. The molecule has 154 valence electrons. The summed E-state index contributed by atoms with van der Waals surface area (Å²) in [6, 6.07) is 21.3. The molecule has 0 heterocycles. The minimum atomic E-state index is -5.07. The number of para-hydroxylation sites is 2. The Bertz CT molecular complexity index is 907. The summed E-state index contributed by atoms with van der Waals surface area (Å²) in [5, 5.41) is 17.3. The van der Waals surface area contributed by atoms with Crippen LogP contribution in [0.25, 0.3) is 0 Å². The Labute approximate surface area is 166 Å². The van der Waals surface area contributed by atoms with Crippen LogP contribution in [0.1, 0.15) is 0 Å². The van der Waals surface area contributed by atoms with Gasteiger partial charge in [0.25, 0.3) is 0 Å². The predicted octanol–water partition coefficient (Wildman–Crippen LogP) is 4.46. The SMILES string of the molecule is O=P(O)(O)OP(=O)(Oc1ccccc1)Oc1ccccc1.Oc1ccc(O)cc1. The Morgan fingerprint density at radius 3 is 1.24 bits per heavy atom. The summed E-state index contributed by atoms with van der Waals surface area (Å²) in [6.07, 6.45) is 0. The summed E-state index contributed by atoms with van der Waals surface area (Å²) in [7, 11) is -9.62. The first kappa shape index (κ1) is 22.5. The van der Waals surface area contributed by atoms with Gasteiger partial charge in [-0.05, 0) is 48.5 Å². The molecule has 0 aromatic heterocycles. The third-order valence-electron chi connectivity index (χ3n) is 2.98. The molecule has 3 aromatic carbocycles. The molecule has 3 aromatic rings. The molecular formula is C18H18O9P2. The molecule has 29 heavy (non-hydrogen) atoms. The van der Waals surface area contributed by atoms with Gasteiger partial charge in [0, 0.05) is 0 Å². The van der Waals surface area contributed by atoms with Crippen LogP contribution in [-0.4, -0.2) is 20.0 Å².